The lowest BCUT2D eigenvalue weighted by atomic mass is 10.1. The summed E-state index contributed by atoms with van der Waals surface area (Å²) < 4.78 is 72.2. The van der Waals surface area contributed by atoms with Gasteiger partial charge in [0.15, 0.2) is 5.82 Å². The highest BCUT2D eigenvalue weighted by Gasteiger charge is 2.42. The number of alkyl halides is 3. The first kappa shape index (κ1) is 29.1. The highest BCUT2D eigenvalue weighted by molar-refractivity contribution is 7.52. The highest BCUT2D eigenvalue weighted by Crippen LogP contribution is 2.47. The van der Waals surface area contributed by atoms with Crippen molar-refractivity contribution < 1.29 is 31.5 Å². The first-order valence-corrected chi connectivity index (χ1v) is 14.0. The van der Waals surface area contributed by atoms with Gasteiger partial charge in [-0.3, -0.25) is 4.52 Å². The average Bonchev–Trinajstić information content (AvgIpc) is 3.27. The summed E-state index contributed by atoms with van der Waals surface area (Å²) in [6.45, 7) is 4.67. The van der Waals surface area contributed by atoms with Crippen molar-refractivity contribution in [2.75, 3.05) is 18.9 Å². The van der Waals surface area contributed by atoms with Gasteiger partial charge in [0.2, 0.25) is 0 Å². The number of aromatic nitrogens is 3. The van der Waals surface area contributed by atoms with Crippen molar-refractivity contribution in [3.63, 3.8) is 0 Å². The van der Waals surface area contributed by atoms with Crippen molar-refractivity contribution in [1.29, 1.82) is 0 Å². The second-order valence-electron chi connectivity index (χ2n) is 8.83. The Morgan fingerprint density at radius 1 is 1.13 bits per heavy atom. The van der Waals surface area contributed by atoms with Gasteiger partial charge in [-0.25, -0.2) is 14.5 Å². The highest BCUT2D eigenvalue weighted by atomic mass is 35.5. The molecule has 2 heterocycles. The van der Waals surface area contributed by atoms with Crippen LogP contribution in [0.25, 0.3) is 21.9 Å². The zero-order chi connectivity index (χ0) is 28.4. The lowest BCUT2D eigenvalue weighted by Crippen LogP contribution is -2.39. The number of nitrogen functional groups attached to an aromatic ring is 1. The predicted octanol–water partition coefficient (Wildman–Crippen LogP) is 6.66. The van der Waals surface area contributed by atoms with Crippen LogP contribution in [0.2, 0.25) is 5.02 Å². The van der Waals surface area contributed by atoms with Gasteiger partial charge in [-0.1, -0.05) is 29.8 Å². The van der Waals surface area contributed by atoms with E-state index in [1.807, 2.05) is 40.8 Å². The first-order valence-electron chi connectivity index (χ1n) is 12.1. The molecule has 4 aromatic rings. The summed E-state index contributed by atoms with van der Waals surface area (Å²) in [5.41, 5.74) is 7.95. The Kier molecular flexibility index (Phi) is 8.72. The maximum atomic E-state index is 13.6. The summed E-state index contributed by atoms with van der Waals surface area (Å²) in [4.78, 5) is 9.07. The van der Waals surface area contributed by atoms with E-state index in [1.54, 1.807) is 6.92 Å². The standard InChI is InChI=1S/C25H28ClF3N5O4P/c1-4-36-14-21-32-22-23(19-7-5-6-8-20(19)31-24(22)30)34(21)15(2)13-37-39(35,33-16(3)25(27,28)29)38-18-11-9-17(26)10-12-18/h5-12,15-16H,4,13-14H2,1-3H3,(H2,30,31)(H,33,35)/t15-,16+,39+/m1/s1. The van der Waals surface area contributed by atoms with E-state index in [4.69, 9.17) is 31.1 Å². The molecule has 2 aromatic carbocycles. The molecule has 39 heavy (non-hydrogen) atoms. The van der Waals surface area contributed by atoms with Crippen LogP contribution < -0.4 is 15.3 Å². The number of para-hydroxylation sites is 1. The number of rotatable bonds is 11. The Hall–Kier alpha value is -2.89. The third kappa shape index (κ3) is 6.64. The molecule has 14 heteroatoms. The summed E-state index contributed by atoms with van der Waals surface area (Å²) in [6, 6.07) is 10.3. The van der Waals surface area contributed by atoms with Crippen molar-refractivity contribution in [3.8, 4) is 5.75 Å². The molecule has 4 rings (SSSR count). The summed E-state index contributed by atoms with van der Waals surface area (Å²) in [7, 11) is -4.53. The third-order valence-electron chi connectivity index (χ3n) is 5.87. The Bertz CT molecular complexity index is 1500. The zero-order valence-corrected chi connectivity index (χ0v) is 23.1. The predicted molar refractivity (Wildman–Crippen MR) is 144 cm³/mol. The number of anilines is 1. The van der Waals surface area contributed by atoms with E-state index in [1.165, 1.54) is 24.3 Å². The number of benzene rings is 2. The van der Waals surface area contributed by atoms with Crippen LogP contribution in [-0.2, 0) is 20.4 Å². The quantitative estimate of drug-likeness (QED) is 0.188. The molecule has 0 saturated heterocycles. The van der Waals surface area contributed by atoms with Crippen molar-refractivity contribution >= 4 is 47.1 Å². The van der Waals surface area contributed by atoms with Crippen molar-refractivity contribution in [1.82, 2.24) is 19.6 Å². The van der Waals surface area contributed by atoms with E-state index >= 15 is 0 Å². The SMILES string of the molecule is CCOCc1nc2c(N)nc3ccccc3c2n1[C@H](C)CO[P@@](=O)(N[C@@H](C)C(F)(F)F)Oc1ccc(Cl)cc1. The fourth-order valence-corrected chi connectivity index (χ4v) is 5.69. The zero-order valence-electron chi connectivity index (χ0n) is 21.4. The second-order valence-corrected chi connectivity index (χ2v) is 11.0. The number of hydrogen-bond donors (Lipinski definition) is 2. The summed E-state index contributed by atoms with van der Waals surface area (Å²) >= 11 is 5.89. The number of halogens is 4. The molecule has 0 fully saturated rings. The number of imidazole rings is 1. The van der Waals surface area contributed by atoms with Gasteiger partial charge < -0.3 is 19.6 Å². The summed E-state index contributed by atoms with van der Waals surface area (Å²) in [6.07, 6.45) is -4.69. The molecule has 0 radical (unpaired) electrons. The number of fused-ring (bicyclic) bond motifs is 3. The normalized spacial score (nSPS) is 15.4. The minimum atomic E-state index is -4.69. The maximum Gasteiger partial charge on any atom is 0.459 e. The van der Waals surface area contributed by atoms with E-state index in [0.29, 0.717) is 34.0 Å². The fourth-order valence-electron chi connectivity index (χ4n) is 3.95. The van der Waals surface area contributed by atoms with E-state index in [9.17, 15) is 17.7 Å². The van der Waals surface area contributed by atoms with E-state index in [-0.39, 0.29) is 24.8 Å². The number of nitrogens with one attached hydrogen (secondary N) is 1. The van der Waals surface area contributed by atoms with Gasteiger partial charge in [-0.2, -0.15) is 18.3 Å². The van der Waals surface area contributed by atoms with Crippen LogP contribution in [0.3, 0.4) is 0 Å². The molecule has 0 saturated carbocycles. The Morgan fingerprint density at radius 2 is 1.82 bits per heavy atom. The maximum absolute atomic E-state index is 13.6. The lowest BCUT2D eigenvalue weighted by Gasteiger charge is -2.26. The minimum Gasteiger partial charge on any atom is -0.413 e. The molecule has 3 N–H and O–H groups in total. The molecule has 0 aliphatic heterocycles. The summed E-state index contributed by atoms with van der Waals surface area (Å²) in [5.74, 6) is 0.732. The van der Waals surface area contributed by atoms with Crippen LogP contribution in [0, 0.1) is 0 Å². The van der Waals surface area contributed by atoms with Gasteiger partial charge >= 0.3 is 13.9 Å². The Balaban J connectivity index is 1.71. The molecular weight excluding hydrogens is 558 g/mol. The molecule has 0 bridgehead atoms. The molecule has 0 spiro atoms. The van der Waals surface area contributed by atoms with Crippen LogP contribution in [-0.4, -0.2) is 40.0 Å². The number of nitrogens with zero attached hydrogens (tertiary/aromatic N) is 3. The van der Waals surface area contributed by atoms with Crippen LogP contribution in [0.1, 0.15) is 32.6 Å². The summed E-state index contributed by atoms with van der Waals surface area (Å²) in [5, 5.41) is 3.13. The molecule has 9 nitrogen and oxygen atoms in total. The van der Waals surface area contributed by atoms with Crippen molar-refractivity contribution in [2.24, 2.45) is 0 Å². The molecule has 0 aliphatic rings. The van der Waals surface area contributed by atoms with Gasteiger partial charge in [0.1, 0.15) is 29.7 Å². The molecule has 3 atom stereocenters. The number of hydrogen-bond acceptors (Lipinski definition) is 7. The monoisotopic (exact) mass is 585 g/mol. The fraction of sp³-hybridized carbons (Fsp3) is 0.360. The van der Waals surface area contributed by atoms with Gasteiger partial charge in [-0.05, 0) is 51.1 Å². The van der Waals surface area contributed by atoms with Crippen LogP contribution in [0.5, 0.6) is 5.75 Å². The van der Waals surface area contributed by atoms with E-state index in [2.05, 4.69) is 9.97 Å². The van der Waals surface area contributed by atoms with E-state index < -0.39 is 26.0 Å². The van der Waals surface area contributed by atoms with Gasteiger partial charge in [0, 0.05) is 17.0 Å². The largest absolute Gasteiger partial charge is 0.459 e. The molecule has 0 aliphatic carbocycles. The topological polar surface area (TPSA) is 114 Å². The molecular formula is C25H28ClF3N5O4P. The number of pyridine rings is 1. The lowest BCUT2D eigenvalue weighted by molar-refractivity contribution is -0.148. The molecule has 0 amide bonds. The van der Waals surface area contributed by atoms with Gasteiger partial charge in [0.25, 0.3) is 0 Å². The van der Waals surface area contributed by atoms with Crippen molar-refractivity contribution in [2.45, 2.75) is 45.6 Å². The molecule has 2 aromatic heterocycles. The van der Waals surface area contributed by atoms with E-state index in [0.717, 1.165) is 12.3 Å². The molecule has 0 unspecified atom stereocenters. The smallest absolute Gasteiger partial charge is 0.413 e. The van der Waals surface area contributed by atoms with Crippen LogP contribution >= 0.6 is 19.3 Å². The molecule has 210 valence electrons. The Morgan fingerprint density at radius 3 is 2.49 bits per heavy atom. The first-order chi connectivity index (χ1) is 18.4. The third-order valence-corrected chi connectivity index (χ3v) is 7.77. The average molecular weight is 586 g/mol. The minimum absolute atomic E-state index is 0.0206. The number of nitrogens with two attached hydrogens (primary N) is 1. The van der Waals surface area contributed by atoms with Crippen molar-refractivity contribution in [3.05, 3.63) is 59.4 Å². The van der Waals surface area contributed by atoms with Gasteiger partial charge in [-0.15, -0.1) is 0 Å². The second kappa shape index (κ2) is 11.7. The van der Waals surface area contributed by atoms with Crippen LogP contribution in [0.15, 0.2) is 48.5 Å². The Labute approximate surface area is 228 Å². The number of ether oxygens (including phenoxy) is 1. The van der Waals surface area contributed by atoms with Crippen LogP contribution in [0.4, 0.5) is 19.0 Å². The van der Waals surface area contributed by atoms with Gasteiger partial charge in [0.05, 0.1) is 23.7 Å².